The molecule has 2 aromatic carbocycles. The van der Waals surface area contributed by atoms with Gasteiger partial charge in [0.05, 0.1) is 5.92 Å². The van der Waals surface area contributed by atoms with Crippen molar-refractivity contribution in [2.75, 3.05) is 6.54 Å². The highest BCUT2D eigenvalue weighted by Crippen LogP contribution is 2.27. The number of hydrogen-bond acceptors (Lipinski definition) is 2. The van der Waals surface area contributed by atoms with Crippen LogP contribution in [0.1, 0.15) is 32.3 Å². The van der Waals surface area contributed by atoms with Gasteiger partial charge in [-0.05, 0) is 49.2 Å². The summed E-state index contributed by atoms with van der Waals surface area (Å²) >= 11 is 0. The number of carbonyl (C=O) groups is 1. The largest absolute Gasteiger partial charge is 0.481 e. The van der Waals surface area contributed by atoms with Crippen molar-refractivity contribution in [3.63, 3.8) is 0 Å². The van der Waals surface area contributed by atoms with Gasteiger partial charge in [0.25, 0.3) is 6.54 Å². The molecule has 1 atom stereocenters. The molecular formula is C18H19NO3. The third-order valence-corrected chi connectivity index (χ3v) is 3.56. The van der Waals surface area contributed by atoms with Gasteiger partial charge in [0.15, 0.2) is 5.60 Å². The lowest BCUT2D eigenvalue weighted by atomic mass is 9.98. The van der Waals surface area contributed by atoms with Crippen molar-refractivity contribution in [3.8, 4) is 5.75 Å². The van der Waals surface area contributed by atoms with E-state index in [0.29, 0.717) is 12.3 Å². The standard InChI is InChI=1S/C18H19NO3/c1-12(17(20)21)13-5-6-15-10-16(8-7-14(15)9-13)22-18(2,3)11-19-4/h5-10,12H,11H2,1-3H3,(H,20,21)/t12-/m0/s1. The highest BCUT2D eigenvalue weighted by molar-refractivity contribution is 5.86. The van der Waals surface area contributed by atoms with Gasteiger partial charge in [-0.15, -0.1) is 0 Å². The molecule has 4 nitrogen and oxygen atoms in total. The lowest BCUT2D eigenvalue weighted by Gasteiger charge is -2.21. The molecule has 0 saturated carbocycles. The van der Waals surface area contributed by atoms with Crippen LogP contribution in [-0.2, 0) is 4.79 Å². The van der Waals surface area contributed by atoms with Crippen molar-refractivity contribution < 1.29 is 14.6 Å². The van der Waals surface area contributed by atoms with E-state index in [9.17, 15) is 4.79 Å². The molecule has 2 aromatic rings. The van der Waals surface area contributed by atoms with Crippen molar-refractivity contribution in [2.24, 2.45) is 0 Å². The van der Waals surface area contributed by atoms with Gasteiger partial charge < -0.3 is 14.7 Å². The van der Waals surface area contributed by atoms with Crippen LogP contribution in [0.15, 0.2) is 36.4 Å². The summed E-state index contributed by atoms with van der Waals surface area (Å²) in [7, 11) is 0. The molecule has 0 heterocycles. The summed E-state index contributed by atoms with van der Waals surface area (Å²) in [5, 5.41) is 11.0. The second kappa shape index (κ2) is 6.07. The van der Waals surface area contributed by atoms with Crippen LogP contribution in [0.3, 0.4) is 0 Å². The molecule has 0 fully saturated rings. The highest BCUT2D eigenvalue weighted by Gasteiger charge is 2.23. The van der Waals surface area contributed by atoms with E-state index >= 15 is 0 Å². The number of nitrogens with zero attached hydrogens (tertiary/aromatic N) is 1. The fraction of sp³-hybridized carbons (Fsp3) is 0.333. The van der Waals surface area contributed by atoms with Crippen LogP contribution in [0.5, 0.6) is 5.75 Å². The summed E-state index contributed by atoms with van der Waals surface area (Å²) in [4.78, 5) is 14.4. The molecule has 4 heteroatoms. The van der Waals surface area contributed by atoms with Crippen molar-refractivity contribution in [1.82, 2.24) is 0 Å². The number of carboxylic acid groups (broad SMARTS) is 1. The van der Waals surface area contributed by atoms with Crippen LogP contribution in [0.2, 0.25) is 0 Å². The van der Waals surface area contributed by atoms with Crippen molar-refractivity contribution in [3.05, 3.63) is 53.4 Å². The topological polar surface area (TPSA) is 50.9 Å². The minimum atomic E-state index is -0.833. The van der Waals surface area contributed by atoms with Crippen LogP contribution in [0.4, 0.5) is 0 Å². The summed E-state index contributed by atoms with van der Waals surface area (Å²) < 4.78 is 5.86. The van der Waals surface area contributed by atoms with Crippen molar-refractivity contribution >= 4 is 16.7 Å². The Hall–Kier alpha value is -2.54. The first-order valence-electron chi connectivity index (χ1n) is 7.11. The normalized spacial score (nSPS) is 12.6. The minimum Gasteiger partial charge on any atom is -0.481 e. The number of aliphatic carboxylic acids is 1. The van der Waals surface area contributed by atoms with Gasteiger partial charge in [0.2, 0.25) is 0 Å². The predicted molar refractivity (Wildman–Crippen MR) is 86.2 cm³/mol. The van der Waals surface area contributed by atoms with E-state index in [0.717, 1.165) is 16.3 Å². The molecule has 0 unspecified atom stereocenters. The molecule has 1 N–H and O–H groups in total. The maximum atomic E-state index is 11.1. The summed E-state index contributed by atoms with van der Waals surface area (Å²) in [6.45, 7) is 12.7. The van der Waals surface area contributed by atoms with Gasteiger partial charge in [0.1, 0.15) is 5.75 Å². The predicted octanol–water partition coefficient (Wildman–Crippen LogP) is 4.10. The molecule has 0 aliphatic carbocycles. The zero-order valence-corrected chi connectivity index (χ0v) is 13.0. The van der Waals surface area contributed by atoms with Crippen LogP contribution in [0.25, 0.3) is 15.6 Å². The van der Waals surface area contributed by atoms with E-state index in [4.69, 9.17) is 16.4 Å². The van der Waals surface area contributed by atoms with Crippen LogP contribution in [0, 0.1) is 6.57 Å². The minimum absolute atomic E-state index is 0.292. The average molecular weight is 297 g/mol. The fourth-order valence-electron chi connectivity index (χ4n) is 2.26. The average Bonchev–Trinajstić information content (AvgIpc) is 2.45. The summed E-state index contributed by atoms with van der Waals surface area (Å²) in [6.07, 6.45) is 0. The Balaban J connectivity index is 2.31. The lowest BCUT2D eigenvalue weighted by Crippen LogP contribution is -2.31. The molecule has 0 aliphatic heterocycles. The third-order valence-electron chi connectivity index (χ3n) is 3.56. The monoisotopic (exact) mass is 297 g/mol. The molecule has 114 valence electrons. The van der Waals surface area contributed by atoms with Gasteiger partial charge in [-0.3, -0.25) is 4.79 Å². The number of rotatable bonds is 5. The van der Waals surface area contributed by atoms with Crippen molar-refractivity contribution in [2.45, 2.75) is 32.3 Å². The Morgan fingerprint density at radius 2 is 1.91 bits per heavy atom. The van der Waals surface area contributed by atoms with E-state index < -0.39 is 17.5 Å². The molecule has 22 heavy (non-hydrogen) atoms. The first kappa shape index (κ1) is 15.8. The van der Waals surface area contributed by atoms with E-state index in [1.54, 1.807) is 6.92 Å². The van der Waals surface area contributed by atoms with Crippen LogP contribution >= 0.6 is 0 Å². The van der Waals surface area contributed by atoms with Gasteiger partial charge >= 0.3 is 5.97 Å². The van der Waals surface area contributed by atoms with E-state index in [2.05, 4.69) is 4.85 Å². The third kappa shape index (κ3) is 3.56. The molecule has 0 amide bonds. The van der Waals surface area contributed by atoms with Gasteiger partial charge in [0, 0.05) is 0 Å². The first-order chi connectivity index (χ1) is 10.3. The highest BCUT2D eigenvalue weighted by atomic mass is 16.5. The number of ether oxygens (including phenoxy) is 1. The van der Waals surface area contributed by atoms with Gasteiger partial charge in [-0.25, -0.2) is 6.57 Å². The lowest BCUT2D eigenvalue weighted by molar-refractivity contribution is -0.138. The molecule has 0 bridgehead atoms. The molecule has 0 spiro atoms. The Morgan fingerprint density at radius 3 is 2.55 bits per heavy atom. The molecule has 0 aliphatic rings. The molecule has 0 aromatic heterocycles. The first-order valence-corrected chi connectivity index (χ1v) is 7.11. The number of hydrogen-bond donors (Lipinski definition) is 1. The summed E-state index contributed by atoms with van der Waals surface area (Å²) in [5.41, 5.74) is 0.245. The maximum absolute atomic E-state index is 11.1. The Bertz CT molecular complexity index is 744. The Kier molecular flexibility index (Phi) is 4.37. The molecule has 0 saturated heterocycles. The SMILES string of the molecule is [C-]#[N+]CC(C)(C)Oc1ccc2cc([C@H](C)C(=O)O)ccc2c1. The summed E-state index contributed by atoms with van der Waals surface area (Å²) in [5.74, 6) is -0.654. The quantitative estimate of drug-likeness (QED) is 0.845. The van der Waals surface area contributed by atoms with E-state index in [1.807, 2.05) is 50.2 Å². The number of carboxylic acids is 1. The molecular weight excluding hydrogens is 278 g/mol. The maximum Gasteiger partial charge on any atom is 0.310 e. The zero-order valence-electron chi connectivity index (χ0n) is 13.0. The van der Waals surface area contributed by atoms with Crippen molar-refractivity contribution in [1.29, 1.82) is 0 Å². The van der Waals surface area contributed by atoms with E-state index in [-0.39, 0.29) is 0 Å². The number of benzene rings is 2. The molecule has 0 radical (unpaired) electrons. The fourth-order valence-corrected chi connectivity index (χ4v) is 2.26. The second-order valence-corrected chi connectivity index (χ2v) is 6.01. The smallest absolute Gasteiger partial charge is 0.310 e. The summed E-state index contributed by atoms with van der Waals surface area (Å²) in [6, 6.07) is 11.3. The van der Waals surface area contributed by atoms with Crippen LogP contribution < -0.4 is 4.74 Å². The Morgan fingerprint density at radius 1 is 1.27 bits per heavy atom. The van der Waals surface area contributed by atoms with Crippen LogP contribution in [-0.4, -0.2) is 23.2 Å². The zero-order chi connectivity index (χ0) is 16.3. The Labute approximate surface area is 130 Å². The second-order valence-electron chi connectivity index (χ2n) is 6.01. The number of fused-ring (bicyclic) bond motifs is 1. The molecule has 2 rings (SSSR count). The van der Waals surface area contributed by atoms with E-state index in [1.165, 1.54) is 0 Å². The van der Waals surface area contributed by atoms with Gasteiger partial charge in [-0.1, -0.05) is 24.3 Å². The van der Waals surface area contributed by atoms with Gasteiger partial charge in [-0.2, -0.15) is 0 Å².